The molecule has 0 radical (unpaired) electrons. The minimum absolute atomic E-state index is 0.0368. The number of anilines is 1. The summed E-state index contributed by atoms with van der Waals surface area (Å²) in [6, 6.07) is 6.58. The summed E-state index contributed by atoms with van der Waals surface area (Å²) < 4.78 is 5.24. The maximum absolute atomic E-state index is 12.1. The third-order valence-electron chi connectivity index (χ3n) is 4.84. The number of imidazole rings is 1. The SMILES string of the molecule is CCc1nc(SNc2ccc(C)c3c(C#N)c[nH]c23)cn1CC(=O)NC1CC1. The third kappa shape index (κ3) is 3.71. The van der Waals surface area contributed by atoms with E-state index < -0.39 is 0 Å². The van der Waals surface area contributed by atoms with Gasteiger partial charge in [0.1, 0.15) is 23.5 Å². The van der Waals surface area contributed by atoms with Gasteiger partial charge < -0.3 is 19.6 Å². The lowest BCUT2D eigenvalue weighted by atomic mass is 10.1. The van der Waals surface area contributed by atoms with Crippen molar-refractivity contribution in [3.05, 3.63) is 41.5 Å². The number of hydrogen-bond donors (Lipinski definition) is 3. The Hall–Kier alpha value is -2.92. The molecule has 1 amide bonds. The van der Waals surface area contributed by atoms with E-state index in [0.29, 0.717) is 18.2 Å². The molecule has 0 unspecified atom stereocenters. The standard InChI is InChI=1S/C20H22N6OS/c1-3-16-24-18(11-26(16)10-17(27)23-14-5-6-14)28-25-15-7-4-12(2)19-13(8-21)9-22-20(15)19/h4,7,9,11,14,22,25H,3,5-6,10H2,1-2H3,(H,23,27). The molecule has 4 rings (SSSR count). The predicted molar refractivity (Wildman–Crippen MR) is 110 cm³/mol. The monoisotopic (exact) mass is 394 g/mol. The minimum atomic E-state index is 0.0368. The van der Waals surface area contributed by atoms with Gasteiger partial charge in [-0.05, 0) is 31.4 Å². The highest BCUT2D eigenvalue weighted by Gasteiger charge is 2.23. The Labute approximate surface area is 167 Å². The maximum Gasteiger partial charge on any atom is 0.240 e. The molecule has 1 aliphatic carbocycles. The molecule has 3 N–H and O–H groups in total. The Morgan fingerprint density at radius 2 is 2.29 bits per heavy atom. The van der Waals surface area contributed by atoms with Crippen molar-refractivity contribution in [3.63, 3.8) is 0 Å². The molecule has 8 heteroatoms. The quantitative estimate of drug-likeness (QED) is 0.533. The Morgan fingerprint density at radius 3 is 3.00 bits per heavy atom. The molecule has 144 valence electrons. The van der Waals surface area contributed by atoms with Gasteiger partial charge in [0.15, 0.2) is 0 Å². The number of fused-ring (bicyclic) bond motifs is 1. The van der Waals surface area contributed by atoms with Crippen molar-refractivity contribution >= 4 is 34.4 Å². The van der Waals surface area contributed by atoms with Crippen molar-refractivity contribution in [2.45, 2.75) is 50.7 Å². The molecule has 28 heavy (non-hydrogen) atoms. The second-order valence-electron chi connectivity index (χ2n) is 7.02. The summed E-state index contributed by atoms with van der Waals surface area (Å²) in [6.07, 6.45) is 6.56. The molecule has 0 spiro atoms. The molecule has 0 saturated heterocycles. The van der Waals surface area contributed by atoms with Crippen LogP contribution in [-0.4, -0.2) is 26.5 Å². The maximum atomic E-state index is 12.1. The summed E-state index contributed by atoms with van der Waals surface area (Å²) in [4.78, 5) is 19.9. The number of aromatic amines is 1. The highest BCUT2D eigenvalue weighted by Crippen LogP contribution is 2.31. The molecule has 2 heterocycles. The van der Waals surface area contributed by atoms with Gasteiger partial charge in [0.05, 0.1) is 16.8 Å². The van der Waals surface area contributed by atoms with E-state index >= 15 is 0 Å². The lowest BCUT2D eigenvalue weighted by molar-refractivity contribution is -0.121. The van der Waals surface area contributed by atoms with Crippen molar-refractivity contribution in [3.8, 4) is 6.07 Å². The number of benzene rings is 1. The molecule has 1 aromatic carbocycles. The first-order chi connectivity index (χ1) is 13.6. The summed E-state index contributed by atoms with van der Waals surface area (Å²) in [6.45, 7) is 4.32. The lowest BCUT2D eigenvalue weighted by Crippen LogP contribution is -2.29. The van der Waals surface area contributed by atoms with Gasteiger partial charge >= 0.3 is 0 Å². The summed E-state index contributed by atoms with van der Waals surface area (Å²) in [7, 11) is 0. The summed E-state index contributed by atoms with van der Waals surface area (Å²) in [5, 5.41) is 14.0. The van der Waals surface area contributed by atoms with Crippen LogP contribution in [0, 0.1) is 18.3 Å². The molecule has 0 atom stereocenters. The average molecular weight is 395 g/mol. The molecule has 7 nitrogen and oxygen atoms in total. The highest BCUT2D eigenvalue weighted by molar-refractivity contribution is 8.00. The van der Waals surface area contributed by atoms with E-state index in [1.54, 1.807) is 6.20 Å². The van der Waals surface area contributed by atoms with Crippen LogP contribution in [0.2, 0.25) is 0 Å². The van der Waals surface area contributed by atoms with E-state index in [0.717, 1.165) is 52.3 Å². The number of aromatic nitrogens is 3. The highest BCUT2D eigenvalue weighted by atomic mass is 32.2. The van der Waals surface area contributed by atoms with Gasteiger partial charge in [0.25, 0.3) is 0 Å². The lowest BCUT2D eigenvalue weighted by Gasteiger charge is -2.07. The number of rotatable bonds is 7. The number of nitrogens with one attached hydrogen (secondary N) is 3. The molecule has 1 aliphatic rings. The van der Waals surface area contributed by atoms with E-state index in [2.05, 4.69) is 26.1 Å². The molecule has 0 bridgehead atoms. The van der Waals surface area contributed by atoms with E-state index in [1.165, 1.54) is 11.9 Å². The number of carbonyl (C=O) groups excluding carboxylic acids is 1. The Balaban J connectivity index is 1.50. The summed E-state index contributed by atoms with van der Waals surface area (Å²) >= 11 is 1.40. The van der Waals surface area contributed by atoms with Crippen LogP contribution in [0.1, 0.15) is 36.7 Å². The fraction of sp³-hybridized carbons (Fsp3) is 0.350. The van der Waals surface area contributed by atoms with Crippen LogP contribution in [0.25, 0.3) is 10.9 Å². The molecule has 0 aliphatic heterocycles. The first-order valence-electron chi connectivity index (χ1n) is 9.38. The van der Waals surface area contributed by atoms with Crippen molar-refractivity contribution in [2.24, 2.45) is 0 Å². The molecule has 3 aromatic rings. The molecule has 1 fully saturated rings. The van der Waals surface area contributed by atoms with Crippen LogP contribution < -0.4 is 10.0 Å². The van der Waals surface area contributed by atoms with Crippen LogP contribution in [0.5, 0.6) is 0 Å². The Kier molecular flexibility index (Phi) is 5.01. The summed E-state index contributed by atoms with van der Waals surface area (Å²) in [5.41, 5.74) is 3.50. The average Bonchev–Trinajstić information content (AvgIpc) is 3.24. The van der Waals surface area contributed by atoms with Crippen molar-refractivity contribution in [2.75, 3.05) is 4.72 Å². The number of H-pyrrole nitrogens is 1. The third-order valence-corrected chi connectivity index (χ3v) is 5.57. The number of carbonyl (C=O) groups is 1. The van der Waals surface area contributed by atoms with Gasteiger partial charge in [-0.15, -0.1) is 0 Å². The number of amides is 1. The number of hydrogen-bond acceptors (Lipinski definition) is 5. The van der Waals surface area contributed by atoms with Crippen LogP contribution in [0.4, 0.5) is 5.69 Å². The zero-order valence-electron chi connectivity index (χ0n) is 15.9. The zero-order valence-corrected chi connectivity index (χ0v) is 16.7. The van der Waals surface area contributed by atoms with Crippen LogP contribution in [-0.2, 0) is 17.8 Å². The zero-order chi connectivity index (χ0) is 19.7. The van der Waals surface area contributed by atoms with E-state index in [9.17, 15) is 10.1 Å². The normalized spacial score (nSPS) is 13.5. The molecular formula is C20H22N6OS. The van der Waals surface area contributed by atoms with E-state index in [1.807, 2.05) is 36.7 Å². The molecule has 2 aromatic heterocycles. The van der Waals surface area contributed by atoms with E-state index in [-0.39, 0.29) is 5.91 Å². The number of nitrogens with zero attached hydrogens (tertiary/aromatic N) is 3. The predicted octanol–water partition coefficient (Wildman–Crippen LogP) is 3.50. The van der Waals surface area contributed by atoms with Gasteiger partial charge in [-0.1, -0.05) is 13.0 Å². The second kappa shape index (κ2) is 7.60. The smallest absolute Gasteiger partial charge is 0.240 e. The van der Waals surface area contributed by atoms with Crippen LogP contribution >= 0.6 is 11.9 Å². The van der Waals surface area contributed by atoms with Gasteiger partial charge in [-0.2, -0.15) is 5.26 Å². The minimum Gasteiger partial charge on any atom is -0.358 e. The fourth-order valence-electron chi connectivity index (χ4n) is 3.25. The first kappa shape index (κ1) is 18.4. The second-order valence-corrected chi connectivity index (χ2v) is 7.84. The van der Waals surface area contributed by atoms with Crippen LogP contribution in [0.3, 0.4) is 0 Å². The van der Waals surface area contributed by atoms with Crippen molar-refractivity contribution in [1.82, 2.24) is 19.9 Å². The number of aryl methyl sites for hydroxylation is 2. The summed E-state index contributed by atoms with van der Waals surface area (Å²) in [5.74, 6) is 0.922. The fourth-order valence-corrected chi connectivity index (χ4v) is 3.97. The molecular weight excluding hydrogens is 372 g/mol. The Bertz CT molecular complexity index is 1070. The van der Waals surface area contributed by atoms with Gasteiger partial charge in [0, 0.05) is 42.2 Å². The molecule has 1 saturated carbocycles. The number of nitriles is 1. The topological polar surface area (TPSA) is 98.5 Å². The largest absolute Gasteiger partial charge is 0.358 e. The first-order valence-corrected chi connectivity index (χ1v) is 10.2. The van der Waals surface area contributed by atoms with E-state index in [4.69, 9.17) is 0 Å². The van der Waals surface area contributed by atoms with Crippen molar-refractivity contribution < 1.29 is 4.79 Å². The van der Waals surface area contributed by atoms with Gasteiger partial charge in [-0.25, -0.2) is 4.98 Å². The van der Waals surface area contributed by atoms with Gasteiger partial charge in [0.2, 0.25) is 5.91 Å². The Morgan fingerprint density at radius 1 is 1.46 bits per heavy atom. The van der Waals surface area contributed by atoms with Crippen molar-refractivity contribution in [1.29, 1.82) is 5.26 Å². The van der Waals surface area contributed by atoms with Crippen LogP contribution in [0.15, 0.2) is 29.6 Å². The van der Waals surface area contributed by atoms with Gasteiger partial charge in [-0.3, -0.25) is 4.79 Å².